The number of carbonyl (C=O) groups is 2. The standard InChI is InChI=1S/C21H16N6O5/c1-12-16(17-19(32-12)23-11-26(2)20(17)29)21(30)31-10-15(28)25-18-13(8-22)9-24-27(18)14-6-4-3-5-7-14/h3-7,9,11H,10H2,1-2H3,(H,25,28). The van der Waals surface area contributed by atoms with Gasteiger partial charge in [-0.25, -0.2) is 14.5 Å². The van der Waals surface area contributed by atoms with E-state index in [2.05, 4.69) is 15.4 Å². The molecule has 0 spiro atoms. The third-order valence-corrected chi connectivity index (χ3v) is 4.63. The summed E-state index contributed by atoms with van der Waals surface area (Å²) in [5.74, 6) is -1.31. The fraction of sp³-hybridized carbons (Fsp3) is 0.143. The molecule has 0 aliphatic heterocycles. The lowest BCUT2D eigenvalue weighted by molar-refractivity contribution is -0.119. The number of esters is 1. The molecule has 11 nitrogen and oxygen atoms in total. The van der Waals surface area contributed by atoms with E-state index in [0.717, 1.165) is 0 Å². The number of hydrogen-bond acceptors (Lipinski definition) is 8. The number of para-hydroxylation sites is 1. The molecule has 0 saturated carbocycles. The van der Waals surface area contributed by atoms with E-state index in [-0.39, 0.29) is 33.8 Å². The maximum atomic E-state index is 12.6. The third kappa shape index (κ3) is 3.61. The Morgan fingerprint density at radius 3 is 2.75 bits per heavy atom. The Hall–Kier alpha value is -4.72. The molecular weight excluding hydrogens is 416 g/mol. The van der Waals surface area contributed by atoms with Crippen LogP contribution in [0.2, 0.25) is 0 Å². The Kier molecular flexibility index (Phi) is 5.26. The van der Waals surface area contributed by atoms with Crippen LogP contribution in [0.3, 0.4) is 0 Å². The Balaban J connectivity index is 1.53. The molecule has 0 aliphatic carbocycles. The molecule has 160 valence electrons. The number of nitrogens with one attached hydrogen (secondary N) is 1. The number of carbonyl (C=O) groups excluding carboxylic acids is 2. The lowest BCUT2D eigenvalue weighted by atomic mass is 10.2. The zero-order valence-electron chi connectivity index (χ0n) is 17.0. The van der Waals surface area contributed by atoms with Gasteiger partial charge in [-0.1, -0.05) is 18.2 Å². The number of anilines is 1. The van der Waals surface area contributed by atoms with Crippen LogP contribution in [0.5, 0.6) is 0 Å². The quantitative estimate of drug-likeness (QED) is 0.469. The highest BCUT2D eigenvalue weighted by Gasteiger charge is 2.24. The van der Waals surface area contributed by atoms with E-state index >= 15 is 0 Å². The van der Waals surface area contributed by atoms with Crippen LogP contribution in [0.25, 0.3) is 16.8 Å². The lowest BCUT2D eigenvalue weighted by Crippen LogP contribution is -2.24. The Bertz CT molecular complexity index is 1440. The molecule has 4 aromatic rings. The van der Waals surface area contributed by atoms with Gasteiger partial charge in [0.2, 0.25) is 5.71 Å². The van der Waals surface area contributed by atoms with Crippen LogP contribution in [0, 0.1) is 18.3 Å². The number of nitriles is 1. The molecule has 3 heterocycles. The second-order valence-corrected chi connectivity index (χ2v) is 6.76. The number of benzene rings is 1. The zero-order chi connectivity index (χ0) is 22.8. The Labute approximate surface area is 180 Å². The van der Waals surface area contributed by atoms with Crippen molar-refractivity contribution in [3.05, 3.63) is 70.1 Å². The van der Waals surface area contributed by atoms with Crippen LogP contribution in [0.4, 0.5) is 5.82 Å². The SMILES string of the molecule is Cc1oc2ncn(C)c(=O)c2c1C(=O)OCC(=O)Nc1c(C#N)cnn1-c1ccccc1. The van der Waals surface area contributed by atoms with E-state index in [1.807, 2.05) is 12.1 Å². The molecule has 0 aliphatic rings. The van der Waals surface area contributed by atoms with Crippen molar-refractivity contribution in [1.29, 1.82) is 5.26 Å². The second kappa shape index (κ2) is 8.19. The van der Waals surface area contributed by atoms with Crippen LogP contribution >= 0.6 is 0 Å². The van der Waals surface area contributed by atoms with Crippen molar-refractivity contribution in [2.75, 3.05) is 11.9 Å². The Morgan fingerprint density at radius 1 is 1.28 bits per heavy atom. The van der Waals surface area contributed by atoms with Crippen LogP contribution in [-0.2, 0) is 16.6 Å². The van der Waals surface area contributed by atoms with Gasteiger partial charge in [0.15, 0.2) is 12.4 Å². The number of furan rings is 1. The number of aromatic nitrogens is 4. The number of ether oxygens (including phenoxy) is 1. The van der Waals surface area contributed by atoms with Crippen molar-refractivity contribution in [3.8, 4) is 11.8 Å². The number of fused-ring (bicyclic) bond motifs is 1. The largest absolute Gasteiger partial charge is 0.452 e. The van der Waals surface area contributed by atoms with E-state index in [4.69, 9.17) is 9.15 Å². The molecule has 1 N–H and O–H groups in total. The van der Waals surface area contributed by atoms with Crippen molar-refractivity contribution < 1.29 is 18.7 Å². The number of rotatable bonds is 5. The summed E-state index contributed by atoms with van der Waals surface area (Å²) in [5, 5.41) is 16.0. The van der Waals surface area contributed by atoms with Crippen molar-refractivity contribution in [1.82, 2.24) is 19.3 Å². The number of amides is 1. The van der Waals surface area contributed by atoms with Crippen molar-refractivity contribution in [3.63, 3.8) is 0 Å². The maximum Gasteiger partial charge on any atom is 0.343 e. The summed E-state index contributed by atoms with van der Waals surface area (Å²) in [6.45, 7) is 0.839. The summed E-state index contributed by atoms with van der Waals surface area (Å²) in [6.07, 6.45) is 2.59. The van der Waals surface area contributed by atoms with Crippen molar-refractivity contribution in [2.45, 2.75) is 6.92 Å². The average molecular weight is 432 g/mol. The van der Waals surface area contributed by atoms with Gasteiger partial charge in [-0.15, -0.1) is 0 Å². The highest BCUT2D eigenvalue weighted by molar-refractivity contribution is 6.04. The van der Waals surface area contributed by atoms with Crippen molar-refractivity contribution in [2.24, 2.45) is 7.05 Å². The van der Waals surface area contributed by atoms with Gasteiger partial charge in [-0.3, -0.25) is 9.59 Å². The van der Waals surface area contributed by atoms with Crippen LogP contribution in [0.15, 0.2) is 52.1 Å². The maximum absolute atomic E-state index is 12.6. The van der Waals surface area contributed by atoms with E-state index in [1.54, 1.807) is 24.3 Å². The number of hydrogen-bond donors (Lipinski definition) is 1. The fourth-order valence-corrected chi connectivity index (χ4v) is 3.12. The molecule has 4 rings (SSSR count). The second-order valence-electron chi connectivity index (χ2n) is 6.76. The molecular formula is C21H16N6O5. The molecule has 0 bridgehead atoms. The first kappa shape index (κ1) is 20.5. The van der Waals surface area contributed by atoms with Gasteiger partial charge >= 0.3 is 5.97 Å². The first-order valence-electron chi connectivity index (χ1n) is 9.36. The summed E-state index contributed by atoms with van der Waals surface area (Å²) in [4.78, 5) is 41.5. The van der Waals surface area contributed by atoms with E-state index in [1.165, 1.54) is 35.7 Å². The molecule has 0 unspecified atom stereocenters. The van der Waals surface area contributed by atoms with Gasteiger partial charge in [0.25, 0.3) is 11.5 Å². The van der Waals surface area contributed by atoms with Crippen LogP contribution < -0.4 is 10.9 Å². The molecule has 3 aromatic heterocycles. The van der Waals surface area contributed by atoms with Gasteiger partial charge in [0.05, 0.1) is 11.9 Å². The van der Waals surface area contributed by atoms with Gasteiger partial charge in [-0.05, 0) is 19.1 Å². The van der Waals surface area contributed by atoms with Gasteiger partial charge in [-0.2, -0.15) is 10.4 Å². The summed E-state index contributed by atoms with van der Waals surface area (Å²) in [6, 6.07) is 10.9. The third-order valence-electron chi connectivity index (χ3n) is 4.63. The minimum atomic E-state index is -0.904. The Morgan fingerprint density at radius 2 is 2.03 bits per heavy atom. The molecule has 0 radical (unpaired) electrons. The molecule has 0 fully saturated rings. The minimum absolute atomic E-state index is 0.00688. The summed E-state index contributed by atoms with van der Waals surface area (Å²) >= 11 is 0. The zero-order valence-corrected chi connectivity index (χ0v) is 17.0. The predicted octanol–water partition coefficient (Wildman–Crippen LogP) is 1.69. The van der Waals surface area contributed by atoms with E-state index in [0.29, 0.717) is 5.69 Å². The predicted molar refractivity (Wildman–Crippen MR) is 111 cm³/mol. The first-order chi connectivity index (χ1) is 15.4. The normalized spacial score (nSPS) is 10.7. The van der Waals surface area contributed by atoms with Gasteiger partial charge < -0.3 is 19.0 Å². The molecule has 32 heavy (non-hydrogen) atoms. The summed E-state index contributed by atoms with van der Waals surface area (Å²) < 4.78 is 13.1. The molecule has 11 heteroatoms. The van der Waals surface area contributed by atoms with Gasteiger partial charge in [0, 0.05) is 7.05 Å². The van der Waals surface area contributed by atoms with E-state index in [9.17, 15) is 19.6 Å². The first-order valence-corrected chi connectivity index (χ1v) is 9.36. The number of aryl methyl sites for hydroxylation is 2. The fourth-order valence-electron chi connectivity index (χ4n) is 3.12. The van der Waals surface area contributed by atoms with Gasteiger partial charge in [0.1, 0.15) is 34.7 Å². The summed E-state index contributed by atoms with van der Waals surface area (Å²) in [5.41, 5.74) is 0.208. The molecule has 1 aromatic carbocycles. The van der Waals surface area contributed by atoms with Crippen LogP contribution in [-0.4, -0.2) is 37.8 Å². The van der Waals surface area contributed by atoms with E-state index < -0.39 is 24.0 Å². The van der Waals surface area contributed by atoms with Crippen LogP contribution in [0.1, 0.15) is 21.7 Å². The lowest BCUT2D eigenvalue weighted by Gasteiger charge is -2.10. The topological polar surface area (TPSA) is 145 Å². The average Bonchev–Trinajstić information content (AvgIpc) is 3.35. The van der Waals surface area contributed by atoms with Crippen molar-refractivity contribution >= 4 is 28.8 Å². The number of nitrogens with zero attached hydrogens (tertiary/aromatic N) is 5. The molecule has 0 atom stereocenters. The molecule has 0 saturated heterocycles. The molecule has 1 amide bonds. The highest BCUT2D eigenvalue weighted by atomic mass is 16.5. The minimum Gasteiger partial charge on any atom is -0.452 e. The summed E-state index contributed by atoms with van der Waals surface area (Å²) in [7, 11) is 1.49. The smallest absolute Gasteiger partial charge is 0.343 e. The monoisotopic (exact) mass is 432 g/mol. The highest BCUT2D eigenvalue weighted by Crippen LogP contribution is 2.22.